The predicted octanol–water partition coefficient (Wildman–Crippen LogP) is 4.71. The summed E-state index contributed by atoms with van der Waals surface area (Å²) in [5.41, 5.74) is 1.08. The Bertz CT molecular complexity index is 798. The van der Waals surface area contributed by atoms with Gasteiger partial charge in [-0.15, -0.1) is 10.2 Å². The summed E-state index contributed by atoms with van der Waals surface area (Å²) in [5, 5.41) is 12.7. The average molecular weight is 417 g/mol. The Morgan fingerprint density at radius 2 is 1.90 bits per heavy atom. The maximum Gasteiger partial charge on any atom is 0.230 e. The van der Waals surface area contributed by atoms with E-state index in [4.69, 9.17) is 4.74 Å². The van der Waals surface area contributed by atoms with E-state index in [1.54, 1.807) is 7.11 Å². The summed E-state index contributed by atoms with van der Waals surface area (Å²) in [5.74, 6) is 2.39. The van der Waals surface area contributed by atoms with Gasteiger partial charge in [0, 0.05) is 6.04 Å². The predicted molar refractivity (Wildman–Crippen MR) is 116 cm³/mol. The lowest BCUT2D eigenvalue weighted by Gasteiger charge is -2.25. The molecule has 0 spiro atoms. The fourth-order valence-electron chi connectivity index (χ4n) is 4.00. The number of nitrogens with one attached hydrogen (secondary N) is 1. The van der Waals surface area contributed by atoms with Crippen molar-refractivity contribution in [3.63, 3.8) is 0 Å². The van der Waals surface area contributed by atoms with Crippen molar-refractivity contribution in [3.8, 4) is 5.75 Å². The van der Waals surface area contributed by atoms with Gasteiger partial charge in [0.25, 0.3) is 0 Å². The van der Waals surface area contributed by atoms with Crippen LogP contribution in [0.4, 0.5) is 0 Å². The van der Waals surface area contributed by atoms with Gasteiger partial charge >= 0.3 is 0 Å². The van der Waals surface area contributed by atoms with E-state index >= 15 is 0 Å². The highest BCUT2D eigenvalue weighted by Gasteiger charge is 2.23. The van der Waals surface area contributed by atoms with Gasteiger partial charge in [-0.05, 0) is 43.4 Å². The molecule has 1 aliphatic rings. The molecule has 0 bridgehead atoms. The molecule has 7 heteroatoms. The molecule has 1 heterocycles. The minimum atomic E-state index is -0.0352. The quantitative estimate of drug-likeness (QED) is 0.631. The zero-order chi connectivity index (χ0) is 20.8. The number of amides is 1. The number of aryl methyl sites for hydroxylation is 1. The van der Waals surface area contributed by atoms with Gasteiger partial charge in [-0.25, -0.2) is 0 Å². The Morgan fingerprint density at radius 1 is 1.21 bits per heavy atom. The van der Waals surface area contributed by atoms with Crippen molar-refractivity contribution in [2.24, 2.45) is 5.92 Å². The molecule has 1 aromatic heterocycles. The Labute approximate surface area is 177 Å². The number of methoxy groups -OCH3 is 1. The third kappa shape index (κ3) is 5.53. The molecule has 1 fully saturated rings. The highest BCUT2D eigenvalue weighted by molar-refractivity contribution is 7.99. The molecule has 1 amide bonds. The maximum atomic E-state index is 12.7. The van der Waals surface area contributed by atoms with Gasteiger partial charge in [0.05, 0.1) is 18.9 Å². The van der Waals surface area contributed by atoms with Crippen LogP contribution in [0.3, 0.4) is 0 Å². The van der Waals surface area contributed by atoms with Crippen LogP contribution >= 0.6 is 11.8 Å². The largest absolute Gasteiger partial charge is 0.497 e. The van der Waals surface area contributed by atoms with E-state index in [1.807, 2.05) is 31.2 Å². The van der Waals surface area contributed by atoms with Gasteiger partial charge < -0.3 is 14.6 Å². The molecule has 0 radical (unpaired) electrons. The Hall–Kier alpha value is -2.02. The molecule has 1 saturated carbocycles. The molecule has 158 valence electrons. The number of hydrogen-bond acceptors (Lipinski definition) is 5. The van der Waals surface area contributed by atoms with Gasteiger partial charge in [0.2, 0.25) is 5.91 Å². The monoisotopic (exact) mass is 416 g/mol. The van der Waals surface area contributed by atoms with Crippen molar-refractivity contribution in [1.29, 1.82) is 0 Å². The topological polar surface area (TPSA) is 69.0 Å². The lowest BCUT2D eigenvalue weighted by atomic mass is 9.95. The lowest BCUT2D eigenvalue weighted by Crippen LogP contribution is -2.33. The number of carbonyl (C=O) groups excluding carboxylic acids is 1. The van der Waals surface area contributed by atoms with Crippen LogP contribution in [-0.4, -0.2) is 33.5 Å². The normalized spacial score (nSPS) is 16.0. The molecule has 1 unspecified atom stereocenters. The number of carbonyl (C=O) groups is 1. The first-order chi connectivity index (χ1) is 14.0. The lowest BCUT2D eigenvalue weighted by molar-refractivity contribution is -0.119. The van der Waals surface area contributed by atoms with Crippen molar-refractivity contribution in [2.45, 2.75) is 70.1 Å². The summed E-state index contributed by atoms with van der Waals surface area (Å²) in [6.07, 6.45) is 6.16. The Kier molecular flexibility index (Phi) is 7.58. The number of rotatable bonds is 8. The van der Waals surface area contributed by atoms with Crippen LogP contribution in [0.2, 0.25) is 0 Å². The van der Waals surface area contributed by atoms with Crippen LogP contribution in [0.25, 0.3) is 0 Å². The van der Waals surface area contributed by atoms with E-state index in [0.717, 1.165) is 22.3 Å². The number of hydrogen-bond donors (Lipinski definition) is 1. The van der Waals surface area contributed by atoms with Crippen molar-refractivity contribution in [2.75, 3.05) is 12.9 Å². The third-order valence-corrected chi connectivity index (χ3v) is 6.51. The fourth-order valence-corrected chi connectivity index (χ4v) is 4.86. The summed E-state index contributed by atoms with van der Waals surface area (Å²) in [4.78, 5) is 12.7. The Balaban J connectivity index is 1.62. The third-order valence-electron chi connectivity index (χ3n) is 5.57. The van der Waals surface area contributed by atoms with Crippen molar-refractivity contribution in [3.05, 3.63) is 35.7 Å². The second kappa shape index (κ2) is 10.1. The zero-order valence-corrected chi connectivity index (χ0v) is 18.7. The molecule has 2 aromatic rings. The highest BCUT2D eigenvalue weighted by atomic mass is 32.2. The summed E-state index contributed by atoms with van der Waals surface area (Å²) in [6.45, 7) is 6.24. The number of thioether (sulfide) groups is 1. The summed E-state index contributed by atoms with van der Waals surface area (Å²) in [7, 11) is 1.65. The van der Waals surface area contributed by atoms with E-state index in [2.05, 4.69) is 33.9 Å². The first-order valence-corrected chi connectivity index (χ1v) is 11.5. The maximum absolute atomic E-state index is 12.7. The minimum absolute atomic E-state index is 0.0142. The van der Waals surface area contributed by atoms with Gasteiger partial charge in [-0.1, -0.05) is 57.0 Å². The molecule has 3 rings (SSSR count). The standard InChI is InChI=1S/C22H32N4O2S/c1-15(2)21(17-10-12-19(28-4)13-11-17)23-20(27)14-29-22-25-24-16(3)26(22)18-8-6-5-7-9-18/h10-13,15,18,21H,5-9,14H2,1-4H3,(H,23,27). The van der Waals surface area contributed by atoms with Crippen molar-refractivity contribution in [1.82, 2.24) is 20.1 Å². The Morgan fingerprint density at radius 3 is 2.52 bits per heavy atom. The molecule has 29 heavy (non-hydrogen) atoms. The molecule has 1 N–H and O–H groups in total. The minimum Gasteiger partial charge on any atom is -0.497 e. The van der Waals surface area contributed by atoms with E-state index in [9.17, 15) is 4.79 Å². The SMILES string of the molecule is COc1ccc(C(NC(=O)CSc2nnc(C)n2C2CCCCC2)C(C)C)cc1. The zero-order valence-electron chi connectivity index (χ0n) is 17.9. The second-order valence-corrected chi connectivity index (χ2v) is 8.99. The van der Waals surface area contributed by atoms with Crippen LogP contribution in [0, 0.1) is 12.8 Å². The summed E-state index contributed by atoms with van der Waals surface area (Å²) in [6, 6.07) is 8.32. The van der Waals surface area contributed by atoms with Crippen molar-refractivity contribution >= 4 is 17.7 Å². The van der Waals surface area contributed by atoms with Gasteiger partial charge in [0.1, 0.15) is 11.6 Å². The van der Waals surface area contributed by atoms with Crippen LogP contribution in [0.5, 0.6) is 5.75 Å². The highest BCUT2D eigenvalue weighted by Crippen LogP contribution is 2.32. The second-order valence-electron chi connectivity index (χ2n) is 8.04. The summed E-state index contributed by atoms with van der Waals surface area (Å²) >= 11 is 1.48. The average Bonchev–Trinajstić information content (AvgIpc) is 3.11. The molecule has 1 atom stereocenters. The van der Waals surface area contributed by atoms with Crippen LogP contribution in [0.1, 0.15) is 69.4 Å². The van der Waals surface area contributed by atoms with Gasteiger partial charge in [-0.3, -0.25) is 4.79 Å². The van der Waals surface area contributed by atoms with Gasteiger partial charge in [0.15, 0.2) is 5.16 Å². The molecule has 6 nitrogen and oxygen atoms in total. The summed E-state index contributed by atoms with van der Waals surface area (Å²) < 4.78 is 7.47. The van der Waals surface area contributed by atoms with E-state index in [0.29, 0.717) is 11.8 Å². The van der Waals surface area contributed by atoms with Gasteiger partial charge in [-0.2, -0.15) is 0 Å². The molecule has 0 aliphatic heterocycles. The first-order valence-electron chi connectivity index (χ1n) is 10.5. The molecule has 1 aromatic carbocycles. The molecular weight excluding hydrogens is 384 g/mol. The molecular formula is C22H32N4O2S. The molecule has 1 aliphatic carbocycles. The van der Waals surface area contributed by atoms with Crippen LogP contribution in [-0.2, 0) is 4.79 Å². The first kappa shape index (κ1) is 21.7. The number of ether oxygens (including phenoxy) is 1. The van der Waals surface area contributed by atoms with Crippen LogP contribution in [0.15, 0.2) is 29.4 Å². The smallest absolute Gasteiger partial charge is 0.230 e. The van der Waals surface area contributed by atoms with Crippen LogP contribution < -0.4 is 10.1 Å². The number of nitrogens with zero attached hydrogens (tertiary/aromatic N) is 3. The number of aromatic nitrogens is 3. The number of benzene rings is 1. The molecule has 0 saturated heterocycles. The fraction of sp³-hybridized carbons (Fsp3) is 0.591. The van der Waals surface area contributed by atoms with E-state index in [1.165, 1.54) is 43.9 Å². The van der Waals surface area contributed by atoms with E-state index in [-0.39, 0.29) is 17.9 Å². The van der Waals surface area contributed by atoms with E-state index < -0.39 is 0 Å². The van der Waals surface area contributed by atoms with Crippen molar-refractivity contribution < 1.29 is 9.53 Å².